The molecule has 0 radical (unpaired) electrons. The molecule has 3 rings (SSSR count). The Hall–Kier alpha value is -3.24. The van der Waals surface area contributed by atoms with Gasteiger partial charge in [-0.05, 0) is 18.2 Å². The number of aromatic nitrogens is 2. The fourth-order valence-electron chi connectivity index (χ4n) is 1.95. The van der Waals surface area contributed by atoms with E-state index in [9.17, 15) is 17.8 Å². The Morgan fingerprint density at radius 3 is 2.68 bits per heavy atom. The molecule has 2 aromatic heterocycles. The number of amides is 1. The molecule has 3 aromatic rings. The average molecular weight is 359 g/mol. The normalized spacial score (nSPS) is 11.7. The highest BCUT2D eigenvalue weighted by Gasteiger charge is 2.10. The lowest BCUT2D eigenvalue weighted by Crippen LogP contribution is -2.17. The summed E-state index contributed by atoms with van der Waals surface area (Å²) in [6.45, 7) is 0. The lowest BCUT2D eigenvalue weighted by molar-refractivity contribution is 0.0950. The van der Waals surface area contributed by atoms with E-state index in [0.29, 0.717) is 5.69 Å². The Bertz CT molecular complexity index is 1020. The van der Waals surface area contributed by atoms with E-state index in [0.717, 1.165) is 17.8 Å². The Morgan fingerprint density at radius 1 is 1.24 bits per heavy atom. The first-order valence-corrected chi connectivity index (χ1v) is 8.34. The van der Waals surface area contributed by atoms with Crippen molar-refractivity contribution in [1.82, 2.24) is 15.6 Å². The number of carbonyl (C=O) groups is 1. The molecule has 0 spiro atoms. The molecule has 1 amide bonds. The van der Waals surface area contributed by atoms with Crippen LogP contribution in [0.15, 0.2) is 63.1 Å². The summed E-state index contributed by atoms with van der Waals surface area (Å²) < 4.78 is 37.1. The van der Waals surface area contributed by atoms with Gasteiger partial charge < -0.3 is 8.97 Å². The summed E-state index contributed by atoms with van der Waals surface area (Å²) in [6.07, 6.45) is 1.07. The minimum absolute atomic E-state index is 0.00399. The summed E-state index contributed by atoms with van der Waals surface area (Å²) in [4.78, 5) is 12.0. The number of hydrogen-bond acceptors (Lipinski definition) is 7. The van der Waals surface area contributed by atoms with Crippen molar-refractivity contribution in [1.29, 1.82) is 0 Å². The van der Waals surface area contributed by atoms with E-state index in [1.165, 1.54) is 6.07 Å². The van der Waals surface area contributed by atoms with Crippen LogP contribution in [0.5, 0.6) is 0 Å². The van der Waals surface area contributed by atoms with Crippen LogP contribution in [0.4, 0.5) is 0 Å². The summed E-state index contributed by atoms with van der Waals surface area (Å²) >= 11 is 0. The number of rotatable bonds is 5. The molecular formula is C15H11N4O5S-. The van der Waals surface area contributed by atoms with Crippen LogP contribution >= 0.6 is 0 Å². The third kappa shape index (κ3) is 4.00. The molecule has 0 unspecified atom stereocenters. The Morgan fingerprint density at radius 2 is 2.00 bits per heavy atom. The van der Waals surface area contributed by atoms with E-state index in [2.05, 4.69) is 20.7 Å². The summed E-state index contributed by atoms with van der Waals surface area (Å²) in [6, 6.07) is 13.1. The molecule has 128 valence electrons. The van der Waals surface area contributed by atoms with Crippen LogP contribution in [0.1, 0.15) is 16.2 Å². The third-order valence-electron chi connectivity index (χ3n) is 3.10. The zero-order valence-electron chi connectivity index (χ0n) is 12.5. The van der Waals surface area contributed by atoms with E-state index < -0.39 is 21.1 Å². The first kappa shape index (κ1) is 16.6. The van der Waals surface area contributed by atoms with Gasteiger partial charge in [-0.15, -0.1) is 0 Å². The molecule has 2 heterocycles. The zero-order chi connectivity index (χ0) is 17.9. The number of benzene rings is 1. The lowest BCUT2D eigenvalue weighted by Gasteiger charge is -2.00. The quantitative estimate of drug-likeness (QED) is 0.400. The van der Waals surface area contributed by atoms with Gasteiger partial charge in [0.15, 0.2) is 10.1 Å². The van der Waals surface area contributed by atoms with Crippen molar-refractivity contribution in [3.63, 3.8) is 0 Å². The third-order valence-corrected chi connectivity index (χ3v) is 3.81. The van der Waals surface area contributed by atoms with Crippen molar-refractivity contribution >= 4 is 22.2 Å². The minimum Gasteiger partial charge on any atom is -0.742 e. The molecule has 0 bridgehead atoms. The van der Waals surface area contributed by atoms with E-state index in [4.69, 9.17) is 4.42 Å². The van der Waals surface area contributed by atoms with Crippen molar-refractivity contribution in [2.45, 2.75) is 5.09 Å². The number of nitrogens with one attached hydrogen (secondary N) is 2. The summed E-state index contributed by atoms with van der Waals surface area (Å²) in [5.41, 5.74) is 3.88. The number of carbonyl (C=O) groups excluding carboxylic acids is 1. The van der Waals surface area contributed by atoms with Crippen molar-refractivity contribution in [2.24, 2.45) is 5.10 Å². The van der Waals surface area contributed by atoms with Gasteiger partial charge in [0.2, 0.25) is 5.09 Å². The molecule has 10 heteroatoms. The van der Waals surface area contributed by atoms with Crippen LogP contribution in [0.25, 0.3) is 11.3 Å². The second kappa shape index (κ2) is 6.71. The SMILES string of the molecule is O=C(N/N=C/c1ccc(S(=O)(=O)[O-])o1)c1cc(-c2ccccc2)n[nH]1. The van der Waals surface area contributed by atoms with Crippen molar-refractivity contribution in [2.75, 3.05) is 0 Å². The number of hydrazone groups is 1. The van der Waals surface area contributed by atoms with Gasteiger partial charge in [-0.2, -0.15) is 10.2 Å². The Labute approximate surface area is 142 Å². The molecule has 0 aliphatic carbocycles. The molecule has 2 N–H and O–H groups in total. The zero-order valence-corrected chi connectivity index (χ0v) is 13.4. The van der Waals surface area contributed by atoms with Crippen LogP contribution in [-0.2, 0) is 10.1 Å². The summed E-state index contributed by atoms with van der Waals surface area (Å²) in [7, 11) is -4.67. The highest BCUT2D eigenvalue weighted by Crippen LogP contribution is 2.16. The second-order valence-corrected chi connectivity index (χ2v) is 6.15. The molecule has 0 aliphatic heterocycles. The highest BCUT2D eigenvalue weighted by atomic mass is 32.2. The van der Waals surface area contributed by atoms with Gasteiger partial charge in [-0.25, -0.2) is 13.8 Å². The van der Waals surface area contributed by atoms with Gasteiger partial charge in [-0.1, -0.05) is 30.3 Å². The monoisotopic (exact) mass is 359 g/mol. The molecule has 9 nitrogen and oxygen atoms in total. The highest BCUT2D eigenvalue weighted by molar-refractivity contribution is 7.85. The van der Waals surface area contributed by atoms with Crippen LogP contribution in [0.3, 0.4) is 0 Å². The minimum atomic E-state index is -4.67. The Balaban J connectivity index is 1.65. The fraction of sp³-hybridized carbons (Fsp3) is 0. The molecule has 0 fully saturated rings. The maximum absolute atomic E-state index is 12.0. The predicted octanol–water partition coefficient (Wildman–Crippen LogP) is 1.34. The molecule has 0 aliphatic rings. The standard InChI is InChI=1S/C15H12N4O5S/c20-15(13-8-12(17-18-13)10-4-2-1-3-5-10)19-16-9-11-6-7-14(24-11)25(21,22)23/h1-9H,(H,17,18)(H,19,20)(H,21,22,23)/p-1/b16-9+. The van der Waals surface area contributed by atoms with Gasteiger partial charge in [0.25, 0.3) is 5.91 Å². The average Bonchev–Trinajstić information content (AvgIpc) is 3.25. The first-order chi connectivity index (χ1) is 11.9. The largest absolute Gasteiger partial charge is 0.742 e. The molecule has 0 saturated carbocycles. The van der Waals surface area contributed by atoms with Gasteiger partial charge in [-0.3, -0.25) is 9.89 Å². The number of furan rings is 1. The molecule has 25 heavy (non-hydrogen) atoms. The first-order valence-electron chi connectivity index (χ1n) is 6.93. The maximum Gasteiger partial charge on any atom is 0.289 e. The number of hydrogen-bond donors (Lipinski definition) is 2. The van der Waals surface area contributed by atoms with Crippen LogP contribution < -0.4 is 5.43 Å². The second-order valence-electron chi connectivity index (χ2n) is 4.84. The summed E-state index contributed by atoms with van der Waals surface area (Å²) in [5.74, 6) is -0.543. The lowest BCUT2D eigenvalue weighted by atomic mass is 10.1. The fourth-order valence-corrected chi connectivity index (χ4v) is 2.38. The summed E-state index contributed by atoms with van der Waals surface area (Å²) in [5, 5.41) is 9.55. The van der Waals surface area contributed by atoms with Gasteiger partial charge >= 0.3 is 0 Å². The molecule has 0 atom stereocenters. The van der Waals surface area contributed by atoms with Crippen LogP contribution in [0, 0.1) is 0 Å². The van der Waals surface area contributed by atoms with Crippen molar-refractivity contribution in [3.05, 3.63) is 60.0 Å². The van der Waals surface area contributed by atoms with Crippen LogP contribution in [0.2, 0.25) is 0 Å². The van der Waals surface area contributed by atoms with E-state index in [1.54, 1.807) is 6.07 Å². The van der Waals surface area contributed by atoms with Gasteiger partial charge in [0.1, 0.15) is 11.5 Å². The molecular weight excluding hydrogens is 348 g/mol. The van der Waals surface area contributed by atoms with E-state index in [1.807, 2.05) is 30.3 Å². The molecule has 1 aromatic carbocycles. The van der Waals surface area contributed by atoms with Gasteiger partial charge in [0, 0.05) is 5.56 Å². The number of nitrogens with zero attached hydrogens (tertiary/aromatic N) is 2. The van der Waals surface area contributed by atoms with E-state index in [-0.39, 0.29) is 11.5 Å². The number of H-pyrrole nitrogens is 1. The Kier molecular flexibility index (Phi) is 4.46. The van der Waals surface area contributed by atoms with Crippen LogP contribution in [-0.4, -0.2) is 35.3 Å². The van der Waals surface area contributed by atoms with Crippen molar-refractivity contribution < 1.29 is 22.2 Å². The maximum atomic E-state index is 12.0. The van der Waals surface area contributed by atoms with Gasteiger partial charge in [0.05, 0.1) is 11.9 Å². The topological polar surface area (TPSA) is 140 Å². The smallest absolute Gasteiger partial charge is 0.289 e. The number of aromatic amines is 1. The van der Waals surface area contributed by atoms with Crippen molar-refractivity contribution in [3.8, 4) is 11.3 Å². The predicted molar refractivity (Wildman–Crippen MR) is 85.8 cm³/mol. The molecule has 0 saturated heterocycles. The van der Waals surface area contributed by atoms with E-state index >= 15 is 0 Å².